The van der Waals surface area contributed by atoms with Crippen molar-refractivity contribution in [3.8, 4) is 0 Å². The molecular formula is C10H11NO2. The second kappa shape index (κ2) is 3.18. The van der Waals surface area contributed by atoms with Crippen LogP contribution in [0.25, 0.3) is 0 Å². The molecule has 1 aliphatic rings. The molecular weight excluding hydrogens is 166 g/mol. The number of carbonyl (C=O) groups is 1. The summed E-state index contributed by atoms with van der Waals surface area (Å²) >= 11 is 0. The molecule has 0 aliphatic carbocycles. The number of nitrogens with two attached hydrogens (primary N) is 1. The van der Waals surface area contributed by atoms with E-state index in [1.165, 1.54) is 0 Å². The minimum Gasteiger partial charge on any atom is -0.456 e. The molecule has 1 unspecified atom stereocenters. The van der Waals surface area contributed by atoms with Gasteiger partial charge in [0.1, 0.15) is 12.1 Å². The van der Waals surface area contributed by atoms with Crippen LogP contribution >= 0.6 is 0 Å². The van der Waals surface area contributed by atoms with Gasteiger partial charge in [0, 0.05) is 6.42 Å². The zero-order chi connectivity index (χ0) is 9.26. The highest BCUT2D eigenvalue weighted by atomic mass is 16.6. The standard InChI is InChI=1S/C10H11NO2/c11-8-6-9(13-10(8)12)7-4-2-1-3-5-7/h1-5,8-9H,6,11H2/t8-,9?/m0/s1. The summed E-state index contributed by atoms with van der Waals surface area (Å²) in [6, 6.07) is 9.21. The Morgan fingerprint density at radius 2 is 2.00 bits per heavy atom. The molecule has 0 radical (unpaired) electrons. The lowest BCUT2D eigenvalue weighted by Crippen LogP contribution is -2.24. The van der Waals surface area contributed by atoms with Gasteiger partial charge in [-0.2, -0.15) is 0 Å². The van der Waals surface area contributed by atoms with Crippen molar-refractivity contribution in [2.75, 3.05) is 0 Å². The van der Waals surface area contributed by atoms with Crippen molar-refractivity contribution in [1.82, 2.24) is 0 Å². The van der Waals surface area contributed by atoms with Crippen molar-refractivity contribution < 1.29 is 9.53 Å². The molecule has 1 heterocycles. The van der Waals surface area contributed by atoms with Crippen LogP contribution in [0.15, 0.2) is 30.3 Å². The largest absolute Gasteiger partial charge is 0.456 e. The molecule has 3 nitrogen and oxygen atoms in total. The molecule has 2 N–H and O–H groups in total. The van der Waals surface area contributed by atoms with Gasteiger partial charge in [-0.15, -0.1) is 0 Å². The van der Waals surface area contributed by atoms with E-state index < -0.39 is 6.04 Å². The molecule has 0 spiro atoms. The topological polar surface area (TPSA) is 52.3 Å². The number of rotatable bonds is 1. The molecule has 68 valence electrons. The van der Waals surface area contributed by atoms with Crippen LogP contribution in [0.3, 0.4) is 0 Å². The average Bonchev–Trinajstić information content (AvgIpc) is 2.49. The first-order chi connectivity index (χ1) is 6.27. The van der Waals surface area contributed by atoms with E-state index >= 15 is 0 Å². The molecule has 1 aromatic carbocycles. The average molecular weight is 177 g/mol. The molecule has 2 atom stereocenters. The van der Waals surface area contributed by atoms with Gasteiger partial charge >= 0.3 is 5.97 Å². The van der Waals surface area contributed by atoms with Crippen molar-refractivity contribution in [2.45, 2.75) is 18.6 Å². The third kappa shape index (κ3) is 1.55. The Labute approximate surface area is 76.5 Å². The molecule has 0 aromatic heterocycles. The summed E-state index contributed by atoms with van der Waals surface area (Å²) in [5.41, 5.74) is 6.55. The highest BCUT2D eigenvalue weighted by Crippen LogP contribution is 2.28. The summed E-state index contributed by atoms with van der Waals surface area (Å²) in [6.45, 7) is 0. The molecule has 1 fully saturated rings. The minimum absolute atomic E-state index is 0.149. The highest BCUT2D eigenvalue weighted by Gasteiger charge is 2.32. The summed E-state index contributed by atoms with van der Waals surface area (Å²) in [6.07, 6.45) is 0.437. The van der Waals surface area contributed by atoms with Gasteiger partial charge in [-0.1, -0.05) is 30.3 Å². The number of hydrogen-bond donors (Lipinski definition) is 1. The fourth-order valence-electron chi connectivity index (χ4n) is 1.47. The number of hydrogen-bond acceptors (Lipinski definition) is 3. The van der Waals surface area contributed by atoms with Crippen LogP contribution in [0, 0.1) is 0 Å². The number of benzene rings is 1. The smallest absolute Gasteiger partial charge is 0.323 e. The van der Waals surface area contributed by atoms with Crippen LogP contribution in [0.2, 0.25) is 0 Å². The first-order valence-electron chi connectivity index (χ1n) is 4.28. The highest BCUT2D eigenvalue weighted by molar-refractivity contribution is 5.77. The van der Waals surface area contributed by atoms with Crippen LogP contribution in [0.1, 0.15) is 18.1 Å². The van der Waals surface area contributed by atoms with Crippen molar-refractivity contribution in [2.24, 2.45) is 5.73 Å². The fraction of sp³-hybridized carbons (Fsp3) is 0.300. The molecule has 1 aromatic rings. The Morgan fingerprint density at radius 1 is 1.31 bits per heavy atom. The predicted molar refractivity (Wildman–Crippen MR) is 47.9 cm³/mol. The lowest BCUT2D eigenvalue weighted by molar-refractivity contribution is -0.142. The second-order valence-corrected chi connectivity index (χ2v) is 3.18. The summed E-state index contributed by atoms with van der Waals surface area (Å²) in [5.74, 6) is -0.297. The quantitative estimate of drug-likeness (QED) is 0.651. The number of cyclic esters (lactones) is 1. The molecule has 1 aliphatic heterocycles. The lowest BCUT2D eigenvalue weighted by Gasteiger charge is -2.07. The third-order valence-corrected chi connectivity index (χ3v) is 2.20. The van der Waals surface area contributed by atoms with Crippen LogP contribution in [0.4, 0.5) is 0 Å². The van der Waals surface area contributed by atoms with Crippen LogP contribution < -0.4 is 5.73 Å². The number of ether oxygens (including phenoxy) is 1. The Morgan fingerprint density at radius 3 is 2.54 bits per heavy atom. The SMILES string of the molecule is N[C@H]1CC(c2ccccc2)OC1=O. The fourth-order valence-corrected chi connectivity index (χ4v) is 1.47. The van der Waals surface area contributed by atoms with Crippen LogP contribution in [0.5, 0.6) is 0 Å². The maximum absolute atomic E-state index is 11.0. The zero-order valence-electron chi connectivity index (χ0n) is 7.14. The van der Waals surface area contributed by atoms with E-state index in [0.29, 0.717) is 6.42 Å². The molecule has 0 bridgehead atoms. The number of carbonyl (C=O) groups excluding carboxylic acids is 1. The Bertz CT molecular complexity index is 310. The van der Waals surface area contributed by atoms with Crippen molar-refractivity contribution >= 4 is 5.97 Å². The molecule has 13 heavy (non-hydrogen) atoms. The lowest BCUT2D eigenvalue weighted by atomic mass is 10.1. The van der Waals surface area contributed by atoms with Gasteiger partial charge < -0.3 is 10.5 Å². The summed E-state index contributed by atoms with van der Waals surface area (Å²) < 4.78 is 5.10. The van der Waals surface area contributed by atoms with Gasteiger partial charge in [-0.3, -0.25) is 4.79 Å². The maximum Gasteiger partial charge on any atom is 0.323 e. The molecule has 0 amide bonds. The van der Waals surface area contributed by atoms with Crippen LogP contribution in [-0.2, 0) is 9.53 Å². The second-order valence-electron chi connectivity index (χ2n) is 3.18. The zero-order valence-corrected chi connectivity index (χ0v) is 7.14. The normalized spacial score (nSPS) is 27.3. The van der Waals surface area contributed by atoms with Crippen molar-refractivity contribution in [3.63, 3.8) is 0 Å². The van der Waals surface area contributed by atoms with E-state index in [2.05, 4.69) is 0 Å². The van der Waals surface area contributed by atoms with Gasteiger partial charge in [0.2, 0.25) is 0 Å². The summed E-state index contributed by atoms with van der Waals surface area (Å²) in [7, 11) is 0. The minimum atomic E-state index is -0.454. The first-order valence-corrected chi connectivity index (χ1v) is 4.28. The van der Waals surface area contributed by atoms with E-state index in [9.17, 15) is 4.79 Å². The van der Waals surface area contributed by atoms with Crippen LogP contribution in [-0.4, -0.2) is 12.0 Å². The first kappa shape index (κ1) is 8.26. The summed E-state index contributed by atoms with van der Waals surface area (Å²) in [5, 5.41) is 0. The van der Waals surface area contributed by atoms with Gasteiger partial charge in [0.05, 0.1) is 0 Å². The van der Waals surface area contributed by atoms with Crippen molar-refractivity contribution in [1.29, 1.82) is 0 Å². The maximum atomic E-state index is 11.0. The Hall–Kier alpha value is -1.35. The van der Waals surface area contributed by atoms with Crippen molar-refractivity contribution in [3.05, 3.63) is 35.9 Å². The van der Waals surface area contributed by atoms with E-state index in [4.69, 9.17) is 10.5 Å². The molecule has 1 saturated heterocycles. The molecule has 3 heteroatoms. The van der Waals surface area contributed by atoms with Gasteiger partial charge in [-0.25, -0.2) is 0 Å². The van der Waals surface area contributed by atoms with Gasteiger partial charge in [-0.05, 0) is 5.56 Å². The Kier molecular flexibility index (Phi) is 2.02. The van der Waals surface area contributed by atoms with E-state index in [-0.39, 0.29) is 12.1 Å². The third-order valence-electron chi connectivity index (χ3n) is 2.20. The Balaban J connectivity index is 2.17. The monoisotopic (exact) mass is 177 g/mol. The van der Waals surface area contributed by atoms with Gasteiger partial charge in [0.25, 0.3) is 0 Å². The predicted octanol–water partition coefficient (Wildman–Crippen LogP) is 1.00. The van der Waals surface area contributed by atoms with E-state index in [1.807, 2.05) is 30.3 Å². The summed E-state index contributed by atoms with van der Waals surface area (Å²) in [4.78, 5) is 11.0. The molecule has 0 saturated carbocycles. The van der Waals surface area contributed by atoms with E-state index in [1.54, 1.807) is 0 Å². The van der Waals surface area contributed by atoms with Gasteiger partial charge in [0.15, 0.2) is 0 Å². The number of esters is 1. The van der Waals surface area contributed by atoms with E-state index in [0.717, 1.165) is 5.56 Å². The molecule has 2 rings (SSSR count).